The SMILES string of the molecule is COc1cc2cc(c1Cl)N(C)C(=O)C[C@H](OC(=O)[C@H](C)N(C)C(=O)c1cc(N)ccc1F)[C@]1(C)O[C@H]1[C@H](C)[C@@H]1C[C@@](O)(NC(=O)O1)[C@H](OC)/C=C/C=C(\C)C2. The number of alkyl carbamates (subject to hydrolysis) is 1. The van der Waals surface area contributed by atoms with Crippen LogP contribution in [0.3, 0.4) is 0 Å². The molecule has 2 aromatic rings. The van der Waals surface area contributed by atoms with Crippen LogP contribution in [0, 0.1) is 11.7 Å². The highest BCUT2D eigenvalue weighted by atomic mass is 35.5. The molecule has 2 fully saturated rings. The molecule has 0 aromatic heterocycles. The van der Waals surface area contributed by atoms with Crippen molar-refractivity contribution in [3.05, 3.63) is 76.1 Å². The van der Waals surface area contributed by atoms with Gasteiger partial charge in [-0.2, -0.15) is 0 Å². The molecule has 2 saturated heterocycles. The van der Waals surface area contributed by atoms with E-state index in [1.165, 1.54) is 52.3 Å². The van der Waals surface area contributed by atoms with Gasteiger partial charge in [0.2, 0.25) is 5.91 Å². The Morgan fingerprint density at radius 1 is 1.22 bits per heavy atom. The Morgan fingerprint density at radius 2 is 1.93 bits per heavy atom. The zero-order valence-electron chi connectivity index (χ0n) is 32.1. The van der Waals surface area contributed by atoms with Crippen LogP contribution >= 0.6 is 11.6 Å². The number of likely N-dealkylation sites (N-methyl/N-ethyl adjacent to an activating group) is 1. The number of hydrogen-bond donors (Lipinski definition) is 3. The van der Waals surface area contributed by atoms with Gasteiger partial charge >= 0.3 is 12.1 Å². The molecule has 5 rings (SSSR count). The third-order valence-electron chi connectivity index (χ3n) is 10.7. The summed E-state index contributed by atoms with van der Waals surface area (Å²) < 4.78 is 43.7. The molecule has 8 atom stereocenters. The van der Waals surface area contributed by atoms with Gasteiger partial charge in [0.15, 0.2) is 5.72 Å². The van der Waals surface area contributed by atoms with Crippen LogP contribution < -0.4 is 20.7 Å². The number of nitrogens with two attached hydrogens (primary N) is 1. The number of epoxide rings is 1. The fourth-order valence-electron chi connectivity index (χ4n) is 7.07. The highest BCUT2D eigenvalue weighted by molar-refractivity contribution is 6.35. The molecule has 298 valence electrons. The van der Waals surface area contributed by atoms with E-state index in [0.29, 0.717) is 17.9 Å². The molecule has 2 aromatic carbocycles. The fraction of sp³-hybridized carbons (Fsp3) is 0.487. The van der Waals surface area contributed by atoms with Gasteiger partial charge in [0.1, 0.15) is 46.5 Å². The van der Waals surface area contributed by atoms with Crippen LogP contribution in [0.2, 0.25) is 5.02 Å². The summed E-state index contributed by atoms with van der Waals surface area (Å²) in [5.41, 5.74) is 4.44. The topological polar surface area (TPSA) is 182 Å². The molecule has 0 spiro atoms. The first-order valence-electron chi connectivity index (χ1n) is 17.7. The Balaban J connectivity index is 1.53. The molecule has 3 aliphatic rings. The van der Waals surface area contributed by atoms with Gasteiger partial charge in [-0.25, -0.2) is 14.0 Å². The Labute approximate surface area is 324 Å². The van der Waals surface area contributed by atoms with Crippen molar-refractivity contribution in [1.29, 1.82) is 0 Å². The maximum absolute atomic E-state index is 14.6. The Morgan fingerprint density at radius 3 is 2.60 bits per heavy atom. The summed E-state index contributed by atoms with van der Waals surface area (Å²) in [5.74, 6) is -3.29. The fourth-order valence-corrected chi connectivity index (χ4v) is 7.39. The average molecular weight is 787 g/mol. The molecular formula is C39H48ClFN4O10. The number of carbonyl (C=O) groups excluding carboxylic acids is 4. The number of nitrogens with one attached hydrogen (secondary N) is 1. The number of aliphatic hydroxyl groups is 1. The van der Waals surface area contributed by atoms with Gasteiger partial charge in [-0.1, -0.05) is 42.3 Å². The summed E-state index contributed by atoms with van der Waals surface area (Å²) in [4.78, 5) is 56.5. The van der Waals surface area contributed by atoms with Crippen LogP contribution in [0.4, 0.5) is 20.6 Å². The number of anilines is 2. The molecule has 3 aliphatic heterocycles. The predicted molar refractivity (Wildman–Crippen MR) is 201 cm³/mol. The molecule has 16 heteroatoms. The lowest BCUT2D eigenvalue weighted by Crippen LogP contribution is -2.63. The normalized spacial score (nSPS) is 30.4. The second-order valence-corrected chi connectivity index (χ2v) is 14.9. The van der Waals surface area contributed by atoms with Crippen molar-refractivity contribution in [2.75, 3.05) is 38.9 Å². The van der Waals surface area contributed by atoms with Gasteiger partial charge < -0.3 is 44.3 Å². The number of nitrogen functional groups attached to an aromatic ring is 1. The largest absolute Gasteiger partial charge is 0.495 e. The molecule has 55 heavy (non-hydrogen) atoms. The Hall–Kier alpha value is -4.70. The number of fused-ring (bicyclic) bond motifs is 5. The number of ether oxygens (including phenoxy) is 5. The lowest BCUT2D eigenvalue weighted by atomic mass is 9.83. The van der Waals surface area contributed by atoms with E-state index in [9.17, 15) is 28.7 Å². The van der Waals surface area contributed by atoms with Crippen molar-refractivity contribution in [1.82, 2.24) is 10.2 Å². The second kappa shape index (κ2) is 16.2. The van der Waals surface area contributed by atoms with Gasteiger partial charge in [-0.3, -0.25) is 14.9 Å². The van der Waals surface area contributed by atoms with Crippen molar-refractivity contribution < 1.29 is 52.4 Å². The minimum Gasteiger partial charge on any atom is -0.495 e. The minimum absolute atomic E-state index is 0.0951. The first-order valence-corrected chi connectivity index (χ1v) is 18.1. The van der Waals surface area contributed by atoms with Crippen LogP contribution in [-0.2, 0) is 35.0 Å². The molecule has 0 saturated carbocycles. The number of amides is 3. The van der Waals surface area contributed by atoms with Crippen molar-refractivity contribution >= 4 is 46.9 Å². The molecule has 3 heterocycles. The number of halogens is 2. The second-order valence-electron chi connectivity index (χ2n) is 14.6. The van der Waals surface area contributed by atoms with E-state index in [0.717, 1.165) is 22.1 Å². The van der Waals surface area contributed by atoms with Gasteiger partial charge in [0, 0.05) is 39.2 Å². The monoisotopic (exact) mass is 786 g/mol. The number of methoxy groups -OCH3 is 2. The van der Waals surface area contributed by atoms with Gasteiger partial charge in [0.05, 0.1) is 30.9 Å². The number of allylic oxidation sites excluding steroid dienone is 3. The standard InChI is InChI=1S/C39H48ClFN4O10/c1-20-10-9-11-30(52-8)39(50)19-29(53-37(49)43-39)21(2)34-38(4,55-34)31(18-32(46)45(6)27-15-23(14-20)16-28(51-7)33(27)40)54-36(48)22(3)44(5)35(47)25-17-24(42)12-13-26(25)41/h9-13,15-17,21-22,29-31,34,50H,14,18-19,42H2,1-8H3,(H,43,49)/b11-9+,20-10+/t21-,22+,29+,30-,31+,34+,38+,39+/m1/s1. The molecular weight excluding hydrogens is 739 g/mol. The number of esters is 1. The molecule has 0 aliphatic carbocycles. The van der Waals surface area contributed by atoms with E-state index in [1.807, 2.05) is 13.0 Å². The molecule has 4 N–H and O–H groups in total. The van der Waals surface area contributed by atoms with E-state index in [-0.39, 0.29) is 22.7 Å². The number of hydrogen-bond acceptors (Lipinski definition) is 11. The van der Waals surface area contributed by atoms with Crippen LogP contribution in [0.25, 0.3) is 0 Å². The third-order valence-corrected chi connectivity index (χ3v) is 11.1. The number of benzene rings is 2. The maximum Gasteiger partial charge on any atom is 0.409 e. The summed E-state index contributed by atoms with van der Waals surface area (Å²) in [7, 11) is 5.72. The first kappa shape index (κ1) is 41.5. The van der Waals surface area contributed by atoms with Crippen molar-refractivity contribution in [3.63, 3.8) is 0 Å². The molecule has 4 bridgehead atoms. The van der Waals surface area contributed by atoms with Gasteiger partial charge in [-0.05, 0) is 63.1 Å². The smallest absolute Gasteiger partial charge is 0.409 e. The van der Waals surface area contributed by atoms with Crippen LogP contribution in [0.1, 0.15) is 56.5 Å². The van der Waals surface area contributed by atoms with Crippen LogP contribution in [-0.4, -0.2) is 104 Å². The average Bonchev–Trinajstić information content (AvgIpc) is 3.84. The summed E-state index contributed by atoms with van der Waals surface area (Å²) >= 11 is 6.75. The summed E-state index contributed by atoms with van der Waals surface area (Å²) in [6, 6.07) is 5.81. The van der Waals surface area contributed by atoms with E-state index in [1.54, 1.807) is 38.1 Å². The molecule has 3 amide bonds. The summed E-state index contributed by atoms with van der Waals surface area (Å²) in [5, 5.41) is 14.4. The number of rotatable bonds is 6. The molecule has 14 nitrogen and oxygen atoms in total. The van der Waals surface area contributed by atoms with Crippen molar-refractivity contribution in [2.24, 2.45) is 5.92 Å². The Kier molecular flexibility index (Phi) is 12.2. The van der Waals surface area contributed by atoms with Crippen molar-refractivity contribution in [2.45, 2.75) is 88.7 Å². The highest BCUT2D eigenvalue weighted by Crippen LogP contribution is 2.49. The number of nitrogens with zero attached hydrogens (tertiary/aromatic N) is 2. The number of carbonyl (C=O) groups is 4. The van der Waals surface area contributed by atoms with E-state index in [4.69, 9.17) is 41.0 Å². The van der Waals surface area contributed by atoms with Gasteiger partial charge in [-0.15, -0.1) is 0 Å². The lowest BCUT2D eigenvalue weighted by molar-refractivity contribution is -0.158. The summed E-state index contributed by atoms with van der Waals surface area (Å²) in [6.45, 7) is 6.72. The quantitative estimate of drug-likeness (QED) is 0.212. The lowest BCUT2D eigenvalue weighted by Gasteiger charge is -2.42. The van der Waals surface area contributed by atoms with Crippen LogP contribution in [0.15, 0.2) is 54.1 Å². The van der Waals surface area contributed by atoms with E-state index >= 15 is 0 Å². The minimum atomic E-state index is -1.87. The predicted octanol–water partition coefficient (Wildman–Crippen LogP) is 4.55. The van der Waals surface area contributed by atoms with E-state index < -0.39 is 83.8 Å². The zero-order valence-corrected chi connectivity index (χ0v) is 32.8. The molecule has 0 radical (unpaired) electrons. The third kappa shape index (κ3) is 8.59. The van der Waals surface area contributed by atoms with E-state index in [2.05, 4.69) is 5.32 Å². The first-order chi connectivity index (χ1) is 25.8. The zero-order chi connectivity index (χ0) is 40.6. The highest BCUT2D eigenvalue weighted by Gasteiger charge is 2.64. The molecule has 0 unspecified atom stereocenters. The van der Waals surface area contributed by atoms with Crippen molar-refractivity contribution in [3.8, 4) is 5.75 Å². The van der Waals surface area contributed by atoms with Gasteiger partial charge in [0.25, 0.3) is 5.91 Å². The summed E-state index contributed by atoms with van der Waals surface area (Å²) in [6.07, 6.45) is 0.383. The maximum atomic E-state index is 14.6. The van der Waals surface area contributed by atoms with Crippen LogP contribution in [0.5, 0.6) is 5.75 Å². The Bertz CT molecular complexity index is 1910.